The van der Waals surface area contributed by atoms with Crippen LogP contribution in [-0.4, -0.2) is 21.5 Å². The smallest absolute Gasteiger partial charge is 0.339 e. The van der Waals surface area contributed by atoms with E-state index in [2.05, 4.69) is 0 Å². The van der Waals surface area contributed by atoms with Crippen LogP contribution in [0.4, 0.5) is 0 Å². The van der Waals surface area contributed by atoms with E-state index >= 15 is 0 Å². The maximum absolute atomic E-state index is 12.6. The average Bonchev–Trinajstić information content (AvgIpc) is 2.61. The fraction of sp³-hybridized carbons (Fsp3) is 0.105. The lowest BCUT2D eigenvalue weighted by Gasteiger charge is -2.11. The minimum atomic E-state index is -4.02. The number of rotatable bonds is 4. The van der Waals surface area contributed by atoms with Crippen LogP contribution >= 0.6 is 0 Å². The molecule has 0 N–H and O–H groups in total. The van der Waals surface area contributed by atoms with Gasteiger partial charge < -0.3 is 8.92 Å². The second kappa shape index (κ2) is 6.57. The van der Waals surface area contributed by atoms with Crippen molar-refractivity contribution in [3.05, 3.63) is 71.8 Å². The van der Waals surface area contributed by atoms with Crippen molar-refractivity contribution in [2.24, 2.45) is 0 Å². The fourth-order valence-corrected chi connectivity index (χ4v) is 3.39. The van der Waals surface area contributed by atoms with Gasteiger partial charge >= 0.3 is 16.1 Å². The Morgan fingerprint density at radius 3 is 2.32 bits per heavy atom. The summed E-state index contributed by atoms with van der Waals surface area (Å²) in [5, 5.41) is 1.27. The number of ether oxygens (including phenoxy) is 1. The Balaban J connectivity index is 2.11. The Bertz CT molecular complexity index is 1040. The topological polar surface area (TPSA) is 69.7 Å². The molecular formula is C19H16O5S. The standard InChI is InChI=1S/C19H16O5S/c1-13-7-9-16(10-8-13)25(21,22)24-18-12-15(19(20)23-2)11-14-5-3-4-6-17(14)18/h3-12H,1-2H3. The number of aryl methyl sites for hydroxylation is 1. The first-order chi connectivity index (χ1) is 11.9. The highest BCUT2D eigenvalue weighted by Crippen LogP contribution is 2.30. The van der Waals surface area contributed by atoms with Crippen molar-refractivity contribution in [1.29, 1.82) is 0 Å². The van der Waals surface area contributed by atoms with Gasteiger partial charge in [0, 0.05) is 5.39 Å². The lowest BCUT2D eigenvalue weighted by Crippen LogP contribution is -2.11. The summed E-state index contributed by atoms with van der Waals surface area (Å²) >= 11 is 0. The molecule has 3 aromatic rings. The number of fused-ring (bicyclic) bond motifs is 1. The molecule has 0 radical (unpaired) electrons. The van der Waals surface area contributed by atoms with Gasteiger partial charge in [0.05, 0.1) is 12.7 Å². The SMILES string of the molecule is COC(=O)c1cc(OS(=O)(=O)c2ccc(C)cc2)c2ccccc2c1. The Labute approximate surface area is 145 Å². The fourth-order valence-electron chi connectivity index (χ4n) is 2.45. The van der Waals surface area contributed by atoms with Crippen LogP contribution in [0.2, 0.25) is 0 Å². The molecule has 0 aliphatic carbocycles. The molecule has 0 spiro atoms. The number of benzene rings is 3. The van der Waals surface area contributed by atoms with Crippen LogP contribution < -0.4 is 4.18 Å². The molecule has 0 aliphatic rings. The third kappa shape index (κ3) is 3.49. The van der Waals surface area contributed by atoms with Crippen molar-refractivity contribution in [3.63, 3.8) is 0 Å². The van der Waals surface area contributed by atoms with Gasteiger partial charge in [-0.25, -0.2) is 4.79 Å². The summed E-state index contributed by atoms with van der Waals surface area (Å²) in [6, 6.07) is 16.4. The summed E-state index contributed by atoms with van der Waals surface area (Å²) in [5.74, 6) is -0.484. The van der Waals surface area contributed by atoms with E-state index in [0.29, 0.717) is 10.8 Å². The molecule has 0 heterocycles. The molecule has 6 heteroatoms. The van der Waals surface area contributed by atoms with E-state index in [0.717, 1.165) is 5.56 Å². The zero-order chi connectivity index (χ0) is 18.0. The van der Waals surface area contributed by atoms with Crippen LogP contribution in [0.5, 0.6) is 5.75 Å². The Morgan fingerprint density at radius 1 is 0.960 bits per heavy atom. The minimum Gasteiger partial charge on any atom is -0.465 e. The van der Waals surface area contributed by atoms with E-state index in [1.165, 1.54) is 25.3 Å². The monoisotopic (exact) mass is 356 g/mol. The second-order valence-electron chi connectivity index (χ2n) is 5.54. The average molecular weight is 356 g/mol. The third-order valence-corrected chi connectivity index (χ3v) is 5.00. The predicted octanol–water partition coefficient (Wildman–Crippen LogP) is 3.70. The predicted molar refractivity (Wildman–Crippen MR) is 94.3 cm³/mol. The molecule has 128 valence electrons. The zero-order valence-corrected chi connectivity index (χ0v) is 14.5. The number of hydrogen-bond donors (Lipinski definition) is 0. The highest BCUT2D eigenvalue weighted by Gasteiger charge is 2.20. The first-order valence-corrected chi connectivity index (χ1v) is 8.94. The highest BCUT2D eigenvalue weighted by molar-refractivity contribution is 7.87. The molecule has 3 aromatic carbocycles. The molecule has 0 aliphatic heterocycles. The van der Waals surface area contributed by atoms with Crippen molar-refractivity contribution >= 4 is 26.9 Å². The van der Waals surface area contributed by atoms with Crippen LogP contribution in [-0.2, 0) is 14.9 Å². The van der Waals surface area contributed by atoms with E-state index in [9.17, 15) is 13.2 Å². The highest BCUT2D eigenvalue weighted by atomic mass is 32.2. The molecule has 3 rings (SSSR count). The number of hydrogen-bond acceptors (Lipinski definition) is 5. The molecule has 5 nitrogen and oxygen atoms in total. The van der Waals surface area contributed by atoms with E-state index in [1.807, 2.05) is 6.92 Å². The maximum atomic E-state index is 12.6. The largest absolute Gasteiger partial charge is 0.465 e. The third-order valence-electron chi connectivity index (χ3n) is 3.75. The summed E-state index contributed by atoms with van der Waals surface area (Å²) in [4.78, 5) is 11.9. The molecule has 0 fully saturated rings. The number of carbonyl (C=O) groups excluding carboxylic acids is 1. The van der Waals surface area contributed by atoms with Crippen molar-refractivity contribution in [3.8, 4) is 5.75 Å². The van der Waals surface area contributed by atoms with E-state index in [-0.39, 0.29) is 16.2 Å². The molecule has 0 saturated heterocycles. The van der Waals surface area contributed by atoms with Gasteiger partial charge in [0.1, 0.15) is 4.90 Å². The van der Waals surface area contributed by atoms with Gasteiger partial charge in [-0.2, -0.15) is 8.42 Å². The van der Waals surface area contributed by atoms with E-state index in [1.54, 1.807) is 42.5 Å². The van der Waals surface area contributed by atoms with Crippen molar-refractivity contribution in [2.75, 3.05) is 7.11 Å². The molecule has 0 atom stereocenters. The maximum Gasteiger partial charge on any atom is 0.339 e. The molecule has 0 unspecified atom stereocenters. The summed E-state index contributed by atoms with van der Waals surface area (Å²) in [7, 11) is -2.76. The van der Waals surface area contributed by atoms with E-state index in [4.69, 9.17) is 8.92 Å². The van der Waals surface area contributed by atoms with Crippen molar-refractivity contribution < 1.29 is 22.1 Å². The zero-order valence-electron chi connectivity index (χ0n) is 13.7. The molecule has 0 amide bonds. The summed E-state index contributed by atoms with van der Waals surface area (Å²) in [6.45, 7) is 1.87. The molecular weight excluding hydrogens is 340 g/mol. The Hall–Kier alpha value is -2.86. The number of esters is 1. The van der Waals surface area contributed by atoms with Crippen LogP contribution in [0, 0.1) is 6.92 Å². The molecule has 0 aromatic heterocycles. The first kappa shape index (κ1) is 17.0. The van der Waals surface area contributed by atoms with Crippen LogP contribution in [0.3, 0.4) is 0 Å². The Kier molecular flexibility index (Phi) is 4.46. The van der Waals surface area contributed by atoms with Gasteiger partial charge in [-0.15, -0.1) is 0 Å². The normalized spacial score (nSPS) is 11.3. The molecule has 0 bridgehead atoms. The molecule has 0 saturated carbocycles. The van der Waals surface area contributed by atoms with Gasteiger partial charge in [-0.05, 0) is 36.6 Å². The van der Waals surface area contributed by atoms with Crippen LogP contribution in [0.1, 0.15) is 15.9 Å². The van der Waals surface area contributed by atoms with Crippen LogP contribution in [0.25, 0.3) is 10.8 Å². The second-order valence-corrected chi connectivity index (χ2v) is 7.08. The first-order valence-electron chi connectivity index (χ1n) is 7.53. The Morgan fingerprint density at radius 2 is 1.64 bits per heavy atom. The summed E-state index contributed by atoms with van der Waals surface area (Å²) < 4.78 is 35.2. The number of methoxy groups -OCH3 is 1. The number of carbonyl (C=O) groups is 1. The van der Waals surface area contributed by atoms with Crippen LogP contribution in [0.15, 0.2) is 65.6 Å². The van der Waals surface area contributed by atoms with Crippen molar-refractivity contribution in [2.45, 2.75) is 11.8 Å². The van der Waals surface area contributed by atoms with E-state index < -0.39 is 16.1 Å². The van der Waals surface area contributed by atoms with Crippen molar-refractivity contribution in [1.82, 2.24) is 0 Å². The van der Waals surface area contributed by atoms with Gasteiger partial charge in [0.15, 0.2) is 5.75 Å². The lowest BCUT2D eigenvalue weighted by atomic mass is 10.1. The van der Waals surface area contributed by atoms with Gasteiger partial charge in [-0.3, -0.25) is 0 Å². The molecule has 25 heavy (non-hydrogen) atoms. The summed E-state index contributed by atoms with van der Waals surface area (Å²) in [6.07, 6.45) is 0. The van der Waals surface area contributed by atoms with Gasteiger partial charge in [0.25, 0.3) is 0 Å². The lowest BCUT2D eigenvalue weighted by molar-refractivity contribution is 0.0600. The van der Waals surface area contributed by atoms with Gasteiger partial charge in [0.2, 0.25) is 0 Å². The minimum absolute atomic E-state index is 0.0469. The summed E-state index contributed by atoms with van der Waals surface area (Å²) in [5.41, 5.74) is 1.16. The van der Waals surface area contributed by atoms with Gasteiger partial charge in [-0.1, -0.05) is 42.0 Å². The quantitative estimate of drug-likeness (QED) is 0.526.